The Hall–Kier alpha value is -0.830. The second-order valence-electron chi connectivity index (χ2n) is 9.39. The minimum absolute atomic E-state index is 0.0801. The highest BCUT2D eigenvalue weighted by atomic mass is 16.6. The van der Waals surface area contributed by atoms with Gasteiger partial charge in [0.1, 0.15) is 6.10 Å². The SMILES string of the molecule is C=C1CCCC2(C)CC3OC(=O)C(CN4CCC(C)CC4)C3CC12. The highest BCUT2D eigenvalue weighted by Crippen LogP contribution is 2.56. The summed E-state index contributed by atoms with van der Waals surface area (Å²) in [6, 6.07) is 0. The van der Waals surface area contributed by atoms with Gasteiger partial charge in [-0.05, 0) is 75.3 Å². The summed E-state index contributed by atoms with van der Waals surface area (Å²) in [6.07, 6.45) is 8.60. The predicted octanol–water partition coefficient (Wildman–Crippen LogP) is 4.03. The fourth-order valence-electron chi connectivity index (χ4n) is 5.99. The van der Waals surface area contributed by atoms with E-state index >= 15 is 0 Å². The number of nitrogens with zero attached hydrogens (tertiary/aromatic N) is 1. The van der Waals surface area contributed by atoms with Crippen LogP contribution in [-0.4, -0.2) is 36.6 Å². The summed E-state index contributed by atoms with van der Waals surface area (Å²) in [6.45, 7) is 12.4. The first-order chi connectivity index (χ1) is 11.5. The standard InChI is InChI=1S/C21H33NO2/c1-14-6-9-22(10-7-14)13-17-16-11-18-15(2)5-4-8-21(18,3)12-19(16)24-20(17)23/h14,16-19H,2,4-13H2,1,3H3. The predicted molar refractivity (Wildman–Crippen MR) is 95.5 cm³/mol. The number of esters is 1. The molecule has 24 heavy (non-hydrogen) atoms. The van der Waals surface area contributed by atoms with Crippen molar-refractivity contribution in [2.75, 3.05) is 19.6 Å². The van der Waals surface area contributed by atoms with Crippen molar-refractivity contribution in [1.29, 1.82) is 0 Å². The van der Waals surface area contributed by atoms with Crippen LogP contribution < -0.4 is 0 Å². The van der Waals surface area contributed by atoms with E-state index in [0.717, 1.165) is 38.4 Å². The van der Waals surface area contributed by atoms with Crippen molar-refractivity contribution < 1.29 is 9.53 Å². The fraction of sp³-hybridized carbons (Fsp3) is 0.857. The van der Waals surface area contributed by atoms with E-state index in [4.69, 9.17) is 4.74 Å². The zero-order valence-electron chi connectivity index (χ0n) is 15.4. The molecule has 0 bridgehead atoms. The number of hydrogen-bond acceptors (Lipinski definition) is 3. The molecule has 134 valence electrons. The van der Waals surface area contributed by atoms with Crippen molar-refractivity contribution in [3.63, 3.8) is 0 Å². The molecule has 0 radical (unpaired) electrons. The zero-order chi connectivity index (χ0) is 16.9. The number of hydrogen-bond donors (Lipinski definition) is 0. The van der Waals surface area contributed by atoms with Gasteiger partial charge < -0.3 is 9.64 Å². The van der Waals surface area contributed by atoms with E-state index in [1.807, 2.05) is 0 Å². The Labute approximate surface area is 146 Å². The van der Waals surface area contributed by atoms with Crippen LogP contribution >= 0.6 is 0 Å². The number of fused-ring (bicyclic) bond motifs is 2. The lowest BCUT2D eigenvalue weighted by Gasteiger charge is -2.50. The van der Waals surface area contributed by atoms with Crippen molar-refractivity contribution in [2.45, 2.75) is 64.9 Å². The largest absolute Gasteiger partial charge is 0.462 e. The molecule has 2 aliphatic carbocycles. The van der Waals surface area contributed by atoms with Gasteiger partial charge in [-0.3, -0.25) is 4.79 Å². The number of rotatable bonds is 2. The molecular weight excluding hydrogens is 298 g/mol. The summed E-state index contributed by atoms with van der Waals surface area (Å²) in [5.41, 5.74) is 1.75. The maximum Gasteiger partial charge on any atom is 0.310 e. The van der Waals surface area contributed by atoms with Crippen LogP contribution in [0.4, 0.5) is 0 Å². The second-order valence-corrected chi connectivity index (χ2v) is 9.39. The van der Waals surface area contributed by atoms with Gasteiger partial charge in [-0.25, -0.2) is 0 Å². The Morgan fingerprint density at radius 3 is 2.83 bits per heavy atom. The van der Waals surface area contributed by atoms with Gasteiger partial charge in [0.25, 0.3) is 0 Å². The van der Waals surface area contributed by atoms with E-state index in [1.54, 1.807) is 0 Å². The molecule has 2 aliphatic heterocycles. The van der Waals surface area contributed by atoms with Crippen molar-refractivity contribution in [1.82, 2.24) is 4.90 Å². The minimum atomic E-state index is 0.0801. The van der Waals surface area contributed by atoms with Crippen LogP contribution in [-0.2, 0) is 9.53 Å². The van der Waals surface area contributed by atoms with E-state index in [9.17, 15) is 4.79 Å². The molecule has 3 nitrogen and oxygen atoms in total. The summed E-state index contributed by atoms with van der Waals surface area (Å²) >= 11 is 0. The molecule has 4 rings (SSSR count). The maximum atomic E-state index is 12.6. The molecule has 4 aliphatic rings. The van der Waals surface area contributed by atoms with Gasteiger partial charge in [0.2, 0.25) is 0 Å². The lowest BCUT2D eigenvalue weighted by molar-refractivity contribution is -0.146. The molecule has 0 aromatic carbocycles. The van der Waals surface area contributed by atoms with Crippen LogP contribution in [0, 0.1) is 29.1 Å². The van der Waals surface area contributed by atoms with Gasteiger partial charge in [0, 0.05) is 12.5 Å². The highest BCUT2D eigenvalue weighted by Gasteiger charge is 2.55. The molecule has 4 fully saturated rings. The number of ether oxygens (including phenoxy) is 1. The maximum absolute atomic E-state index is 12.6. The number of piperidine rings is 1. The first kappa shape index (κ1) is 16.6. The average molecular weight is 332 g/mol. The molecule has 0 amide bonds. The molecule has 0 N–H and O–H groups in total. The molecule has 2 saturated heterocycles. The van der Waals surface area contributed by atoms with Gasteiger partial charge in [-0.2, -0.15) is 0 Å². The Kier molecular flexibility index (Phi) is 4.27. The number of allylic oxidation sites excluding steroid dienone is 1. The lowest BCUT2D eigenvalue weighted by atomic mass is 9.55. The van der Waals surface area contributed by atoms with Crippen LogP contribution in [0.1, 0.15) is 58.8 Å². The molecule has 2 saturated carbocycles. The first-order valence-corrected chi connectivity index (χ1v) is 10.1. The first-order valence-electron chi connectivity index (χ1n) is 10.1. The quantitative estimate of drug-likeness (QED) is 0.565. The number of likely N-dealkylation sites (tertiary alicyclic amines) is 1. The number of carbonyl (C=O) groups is 1. The molecule has 0 spiro atoms. The Morgan fingerprint density at radius 1 is 1.33 bits per heavy atom. The summed E-state index contributed by atoms with van der Waals surface area (Å²) in [5, 5.41) is 0. The van der Waals surface area contributed by atoms with Crippen LogP contribution in [0.5, 0.6) is 0 Å². The Balaban J connectivity index is 1.47. The third-order valence-corrected chi connectivity index (χ3v) is 7.65. The van der Waals surface area contributed by atoms with Gasteiger partial charge in [-0.1, -0.05) is 26.0 Å². The van der Waals surface area contributed by atoms with E-state index in [0.29, 0.717) is 17.3 Å². The van der Waals surface area contributed by atoms with E-state index in [-0.39, 0.29) is 18.0 Å². The smallest absolute Gasteiger partial charge is 0.310 e. The van der Waals surface area contributed by atoms with Crippen LogP contribution in [0.3, 0.4) is 0 Å². The molecule has 2 heterocycles. The molecule has 0 aromatic heterocycles. The van der Waals surface area contributed by atoms with Gasteiger partial charge in [-0.15, -0.1) is 0 Å². The third-order valence-electron chi connectivity index (χ3n) is 7.65. The minimum Gasteiger partial charge on any atom is -0.462 e. The van der Waals surface area contributed by atoms with Gasteiger partial charge >= 0.3 is 5.97 Å². The monoisotopic (exact) mass is 331 g/mol. The molecular formula is C21H33NO2. The second kappa shape index (κ2) is 6.16. The normalized spacial score (nSPS) is 44.1. The van der Waals surface area contributed by atoms with Crippen molar-refractivity contribution in [3.8, 4) is 0 Å². The zero-order valence-corrected chi connectivity index (χ0v) is 15.4. The fourth-order valence-corrected chi connectivity index (χ4v) is 5.99. The lowest BCUT2D eigenvalue weighted by Crippen LogP contribution is -2.46. The highest BCUT2D eigenvalue weighted by molar-refractivity contribution is 5.75. The summed E-state index contributed by atoms with van der Waals surface area (Å²) in [5.74, 6) is 2.04. The van der Waals surface area contributed by atoms with Crippen LogP contribution in [0.25, 0.3) is 0 Å². The number of carbonyl (C=O) groups excluding carboxylic acids is 1. The van der Waals surface area contributed by atoms with Gasteiger partial charge in [0.05, 0.1) is 5.92 Å². The molecule has 5 unspecified atom stereocenters. The van der Waals surface area contributed by atoms with Crippen molar-refractivity contribution >= 4 is 5.97 Å². The summed E-state index contributed by atoms with van der Waals surface area (Å²) in [7, 11) is 0. The molecule has 5 atom stereocenters. The Bertz CT molecular complexity index is 522. The van der Waals surface area contributed by atoms with Gasteiger partial charge in [0.15, 0.2) is 0 Å². The average Bonchev–Trinajstić information content (AvgIpc) is 2.82. The van der Waals surface area contributed by atoms with Crippen LogP contribution in [0.2, 0.25) is 0 Å². The summed E-state index contributed by atoms with van der Waals surface area (Å²) < 4.78 is 5.89. The Morgan fingerprint density at radius 2 is 2.08 bits per heavy atom. The van der Waals surface area contributed by atoms with Crippen LogP contribution in [0.15, 0.2) is 12.2 Å². The van der Waals surface area contributed by atoms with Crippen molar-refractivity contribution in [3.05, 3.63) is 12.2 Å². The van der Waals surface area contributed by atoms with E-state index in [1.165, 1.54) is 37.7 Å². The molecule has 3 heteroatoms. The third kappa shape index (κ3) is 2.83. The van der Waals surface area contributed by atoms with E-state index < -0.39 is 0 Å². The molecule has 0 aromatic rings. The van der Waals surface area contributed by atoms with Crippen molar-refractivity contribution in [2.24, 2.45) is 29.1 Å². The topological polar surface area (TPSA) is 29.5 Å². The summed E-state index contributed by atoms with van der Waals surface area (Å²) in [4.78, 5) is 15.1. The van der Waals surface area contributed by atoms with E-state index in [2.05, 4.69) is 25.3 Å².